The average molecular weight is 403 g/mol. The van der Waals surface area contributed by atoms with Gasteiger partial charge in [0.15, 0.2) is 0 Å². The Labute approximate surface area is 123 Å². The molecule has 0 heterocycles. The first-order valence-corrected chi connectivity index (χ1v) is 6.30. The van der Waals surface area contributed by atoms with E-state index in [9.17, 15) is 0 Å². The molecule has 0 aromatic rings. The monoisotopic (exact) mass is 403 g/mol. The van der Waals surface area contributed by atoms with Gasteiger partial charge < -0.3 is 6.92 Å². The van der Waals surface area contributed by atoms with Crippen molar-refractivity contribution in [2.45, 2.75) is 59.8 Å². The third kappa shape index (κ3) is 13.8. The van der Waals surface area contributed by atoms with Crippen molar-refractivity contribution < 1.29 is 21.1 Å². The number of allylic oxidation sites excluding steroid dienone is 6. The minimum absolute atomic E-state index is 0. The summed E-state index contributed by atoms with van der Waals surface area (Å²) in [5.74, 6) is 0. The zero-order valence-electron chi connectivity index (χ0n) is 11.9. The molecule has 98 valence electrons. The predicted octanol–water partition coefficient (Wildman–Crippen LogP) is 5.63. The maximum Gasteiger partial charge on any atom is 0 e. The molecule has 0 rings (SSSR count). The van der Waals surface area contributed by atoms with E-state index in [1.54, 1.807) is 0 Å². The molecule has 0 atom stereocenters. The van der Waals surface area contributed by atoms with Crippen LogP contribution in [0.3, 0.4) is 0 Å². The van der Waals surface area contributed by atoms with E-state index in [2.05, 4.69) is 52.8 Å². The average Bonchev–Trinajstić information content (AvgIpc) is 2.17. The predicted molar refractivity (Wildman–Crippen MR) is 75.4 cm³/mol. The Morgan fingerprint density at radius 3 is 1.76 bits per heavy atom. The normalized spacial score (nSPS) is 12.1. The summed E-state index contributed by atoms with van der Waals surface area (Å²) < 4.78 is 0. The molecule has 0 bridgehead atoms. The van der Waals surface area contributed by atoms with Crippen molar-refractivity contribution in [1.29, 1.82) is 0 Å². The second kappa shape index (κ2) is 12.4. The van der Waals surface area contributed by atoms with Crippen LogP contribution in [0.4, 0.5) is 0 Å². The number of hydrogen-bond donors (Lipinski definition) is 0. The molecular weight excluding hydrogens is 376 g/mol. The summed E-state index contributed by atoms with van der Waals surface area (Å²) in [5.41, 5.74) is 4.39. The quantitative estimate of drug-likeness (QED) is 0.382. The Hall–Kier alpha value is -0.0917. The Morgan fingerprint density at radius 2 is 1.29 bits per heavy atom. The summed E-state index contributed by atoms with van der Waals surface area (Å²) in [6.07, 6.45) is 12.5. The van der Waals surface area contributed by atoms with Crippen molar-refractivity contribution in [3.05, 3.63) is 41.9 Å². The molecule has 0 aliphatic carbocycles. The standard InChI is InChI=1S/C16H27.W/c1-6-9-15(4)12-8-13-16(5)11-7-10-14(2)3;/h9-10,13H,1,6-8,11-12H2,2-5H3;/q-1;/b15-9+,16-13+;. The van der Waals surface area contributed by atoms with Crippen LogP contribution in [0.5, 0.6) is 0 Å². The Balaban J connectivity index is 0. The Morgan fingerprint density at radius 1 is 0.824 bits per heavy atom. The van der Waals surface area contributed by atoms with E-state index in [-0.39, 0.29) is 21.1 Å². The van der Waals surface area contributed by atoms with Crippen LogP contribution < -0.4 is 0 Å². The Bertz CT molecular complexity index is 265. The molecule has 17 heavy (non-hydrogen) atoms. The fraction of sp³-hybridized carbons (Fsp3) is 0.562. The van der Waals surface area contributed by atoms with E-state index in [1.165, 1.54) is 42.4 Å². The van der Waals surface area contributed by atoms with Gasteiger partial charge in [0, 0.05) is 21.1 Å². The number of rotatable bonds is 7. The first-order valence-electron chi connectivity index (χ1n) is 6.30. The van der Waals surface area contributed by atoms with Crippen molar-refractivity contribution in [1.82, 2.24) is 0 Å². The second-order valence-electron chi connectivity index (χ2n) is 4.75. The molecule has 0 aliphatic rings. The van der Waals surface area contributed by atoms with Crippen LogP contribution >= 0.6 is 0 Å². The van der Waals surface area contributed by atoms with Crippen molar-refractivity contribution in [2.24, 2.45) is 0 Å². The molecule has 0 saturated carbocycles. The van der Waals surface area contributed by atoms with Crippen LogP contribution in [-0.4, -0.2) is 0 Å². The SMILES string of the molecule is [CH2-]C/C=C(\C)CC/C=C(\C)CCC=C(C)C.[W]. The van der Waals surface area contributed by atoms with Gasteiger partial charge in [-0.2, -0.15) is 6.42 Å². The molecular formula is C16H27W-. The maximum absolute atomic E-state index is 3.83. The van der Waals surface area contributed by atoms with Crippen LogP contribution in [0.15, 0.2) is 34.9 Å². The van der Waals surface area contributed by atoms with E-state index in [4.69, 9.17) is 0 Å². The zero-order valence-corrected chi connectivity index (χ0v) is 14.8. The topological polar surface area (TPSA) is 0 Å². The summed E-state index contributed by atoms with van der Waals surface area (Å²) in [6.45, 7) is 12.6. The van der Waals surface area contributed by atoms with Gasteiger partial charge in [0.2, 0.25) is 0 Å². The van der Waals surface area contributed by atoms with E-state index in [0.29, 0.717) is 0 Å². The molecule has 0 amide bonds. The van der Waals surface area contributed by atoms with Crippen LogP contribution in [0.2, 0.25) is 0 Å². The van der Waals surface area contributed by atoms with E-state index < -0.39 is 0 Å². The van der Waals surface area contributed by atoms with Crippen LogP contribution in [0.1, 0.15) is 59.8 Å². The van der Waals surface area contributed by atoms with Gasteiger partial charge in [0.1, 0.15) is 0 Å². The largest absolute Gasteiger partial charge is 0.340 e. The molecule has 0 aliphatic heterocycles. The minimum atomic E-state index is 0. The molecule has 0 fully saturated rings. The van der Waals surface area contributed by atoms with Crippen LogP contribution in [0.25, 0.3) is 0 Å². The van der Waals surface area contributed by atoms with E-state index >= 15 is 0 Å². The van der Waals surface area contributed by atoms with Gasteiger partial charge in [0.05, 0.1) is 0 Å². The summed E-state index contributed by atoms with van der Waals surface area (Å²) in [6, 6.07) is 0. The van der Waals surface area contributed by atoms with Gasteiger partial charge in [-0.25, -0.2) is 0 Å². The molecule has 0 unspecified atom stereocenters. The number of hydrogen-bond acceptors (Lipinski definition) is 0. The van der Waals surface area contributed by atoms with Crippen molar-refractivity contribution >= 4 is 0 Å². The molecule has 0 N–H and O–H groups in total. The minimum Gasteiger partial charge on any atom is -0.340 e. The Kier molecular flexibility index (Phi) is 14.0. The second-order valence-corrected chi connectivity index (χ2v) is 4.75. The van der Waals surface area contributed by atoms with Gasteiger partial charge in [-0.05, 0) is 53.4 Å². The van der Waals surface area contributed by atoms with Crippen LogP contribution in [-0.2, 0) is 21.1 Å². The molecule has 0 aromatic carbocycles. The fourth-order valence-electron chi connectivity index (χ4n) is 1.59. The van der Waals surface area contributed by atoms with E-state index in [0.717, 1.165) is 6.42 Å². The first kappa shape index (κ1) is 19.3. The summed E-state index contributed by atoms with van der Waals surface area (Å²) in [7, 11) is 0. The van der Waals surface area contributed by atoms with Gasteiger partial charge in [-0.1, -0.05) is 28.9 Å². The molecule has 1 heteroatoms. The van der Waals surface area contributed by atoms with Crippen molar-refractivity contribution in [3.8, 4) is 0 Å². The van der Waals surface area contributed by atoms with Crippen molar-refractivity contribution in [3.63, 3.8) is 0 Å². The molecule has 0 radical (unpaired) electrons. The van der Waals surface area contributed by atoms with E-state index in [1.807, 2.05) is 0 Å². The molecule has 0 aromatic heterocycles. The third-order valence-corrected chi connectivity index (χ3v) is 2.62. The third-order valence-electron chi connectivity index (χ3n) is 2.62. The van der Waals surface area contributed by atoms with Gasteiger partial charge in [-0.15, -0.1) is 6.08 Å². The van der Waals surface area contributed by atoms with Gasteiger partial charge in [0.25, 0.3) is 0 Å². The van der Waals surface area contributed by atoms with Gasteiger partial charge >= 0.3 is 0 Å². The molecule has 0 spiro atoms. The summed E-state index contributed by atoms with van der Waals surface area (Å²) in [5, 5.41) is 0. The summed E-state index contributed by atoms with van der Waals surface area (Å²) >= 11 is 0. The molecule has 0 nitrogen and oxygen atoms in total. The maximum atomic E-state index is 3.83. The summed E-state index contributed by atoms with van der Waals surface area (Å²) in [4.78, 5) is 0. The van der Waals surface area contributed by atoms with Crippen molar-refractivity contribution in [2.75, 3.05) is 0 Å². The van der Waals surface area contributed by atoms with Gasteiger partial charge in [-0.3, -0.25) is 0 Å². The zero-order chi connectivity index (χ0) is 12.4. The fourth-order valence-corrected chi connectivity index (χ4v) is 1.59. The first-order chi connectivity index (χ1) is 7.56. The smallest absolute Gasteiger partial charge is 0 e. The van der Waals surface area contributed by atoms with Crippen LogP contribution in [0, 0.1) is 6.92 Å². The molecule has 0 saturated heterocycles.